The van der Waals surface area contributed by atoms with Crippen molar-refractivity contribution in [3.05, 3.63) is 29.6 Å². The van der Waals surface area contributed by atoms with E-state index in [4.69, 9.17) is 5.11 Å². The van der Waals surface area contributed by atoms with Crippen LogP contribution in [0.15, 0.2) is 23.1 Å². The second kappa shape index (κ2) is 5.56. The van der Waals surface area contributed by atoms with Crippen LogP contribution in [0.2, 0.25) is 0 Å². The molecule has 0 saturated carbocycles. The number of hydrogen-bond acceptors (Lipinski definition) is 4. The standard InChI is InChI=1S/C11H14FNO3S2/c12-10-7-9(8-14)1-2-11(10)18(15,16)13-3-5-17-6-4-13/h1-2,7,14H,3-6,8H2. The summed E-state index contributed by atoms with van der Waals surface area (Å²) >= 11 is 1.69. The number of aliphatic hydroxyl groups is 1. The van der Waals surface area contributed by atoms with Crippen molar-refractivity contribution in [2.45, 2.75) is 11.5 Å². The largest absolute Gasteiger partial charge is 0.392 e. The summed E-state index contributed by atoms with van der Waals surface area (Å²) in [6.45, 7) is 0.514. The van der Waals surface area contributed by atoms with Crippen molar-refractivity contribution < 1.29 is 17.9 Å². The lowest BCUT2D eigenvalue weighted by atomic mass is 10.2. The van der Waals surface area contributed by atoms with Gasteiger partial charge in [0.15, 0.2) is 0 Å². The van der Waals surface area contributed by atoms with Gasteiger partial charge in [0.1, 0.15) is 10.7 Å². The van der Waals surface area contributed by atoms with Gasteiger partial charge in [-0.2, -0.15) is 16.1 Å². The third kappa shape index (κ3) is 2.69. The Kier molecular flexibility index (Phi) is 4.26. The molecule has 18 heavy (non-hydrogen) atoms. The molecule has 1 N–H and O–H groups in total. The number of hydrogen-bond donors (Lipinski definition) is 1. The molecule has 1 aromatic rings. The molecule has 4 nitrogen and oxygen atoms in total. The Morgan fingerprint density at radius 3 is 2.56 bits per heavy atom. The molecule has 0 unspecified atom stereocenters. The molecule has 1 saturated heterocycles. The number of nitrogens with zero attached hydrogens (tertiary/aromatic N) is 1. The summed E-state index contributed by atoms with van der Waals surface area (Å²) in [6, 6.07) is 3.71. The summed E-state index contributed by atoms with van der Waals surface area (Å²) in [5.74, 6) is 0.658. The lowest BCUT2D eigenvalue weighted by molar-refractivity contribution is 0.281. The first-order valence-electron chi connectivity index (χ1n) is 5.53. The molecule has 1 fully saturated rings. The quantitative estimate of drug-likeness (QED) is 0.904. The molecule has 0 aliphatic carbocycles. The van der Waals surface area contributed by atoms with Gasteiger partial charge in [0, 0.05) is 24.6 Å². The number of thioether (sulfide) groups is 1. The molecule has 0 bridgehead atoms. The minimum atomic E-state index is -3.75. The first kappa shape index (κ1) is 13.8. The summed E-state index contributed by atoms with van der Waals surface area (Å²) in [6.07, 6.45) is 0. The van der Waals surface area contributed by atoms with Crippen molar-refractivity contribution in [2.24, 2.45) is 0 Å². The summed E-state index contributed by atoms with van der Waals surface area (Å²) < 4.78 is 39.5. The molecule has 0 atom stereocenters. The van der Waals surface area contributed by atoms with Gasteiger partial charge in [-0.1, -0.05) is 6.07 Å². The van der Waals surface area contributed by atoms with Gasteiger partial charge >= 0.3 is 0 Å². The van der Waals surface area contributed by atoms with Crippen LogP contribution in [0.4, 0.5) is 4.39 Å². The highest BCUT2D eigenvalue weighted by molar-refractivity contribution is 7.99. The Hall–Kier alpha value is -0.630. The van der Waals surface area contributed by atoms with Crippen molar-refractivity contribution in [1.29, 1.82) is 0 Å². The SMILES string of the molecule is O=S(=O)(c1ccc(CO)cc1F)N1CCSCC1. The van der Waals surface area contributed by atoms with E-state index in [0.717, 1.165) is 17.6 Å². The Labute approximate surface area is 110 Å². The number of sulfonamides is 1. The monoisotopic (exact) mass is 291 g/mol. The minimum absolute atomic E-state index is 0.308. The van der Waals surface area contributed by atoms with Crippen LogP contribution in [-0.4, -0.2) is 42.4 Å². The van der Waals surface area contributed by atoms with Crippen molar-refractivity contribution in [3.8, 4) is 0 Å². The van der Waals surface area contributed by atoms with E-state index >= 15 is 0 Å². The molecule has 0 aromatic heterocycles. The first-order chi connectivity index (χ1) is 8.55. The van der Waals surface area contributed by atoms with Crippen LogP contribution in [0.3, 0.4) is 0 Å². The molecule has 1 aliphatic heterocycles. The maximum Gasteiger partial charge on any atom is 0.246 e. The molecule has 1 heterocycles. The average molecular weight is 291 g/mol. The van der Waals surface area contributed by atoms with Gasteiger partial charge in [-0.05, 0) is 17.7 Å². The van der Waals surface area contributed by atoms with Crippen molar-refractivity contribution in [2.75, 3.05) is 24.6 Å². The number of rotatable bonds is 3. The lowest BCUT2D eigenvalue weighted by Crippen LogP contribution is -2.38. The van der Waals surface area contributed by atoms with Gasteiger partial charge in [0.05, 0.1) is 6.61 Å². The van der Waals surface area contributed by atoms with E-state index in [-0.39, 0.29) is 11.5 Å². The smallest absolute Gasteiger partial charge is 0.246 e. The molecule has 1 aromatic carbocycles. The van der Waals surface area contributed by atoms with Gasteiger partial charge in [-0.25, -0.2) is 12.8 Å². The maximum absolute atomic E-state index is 13.8. The average Bonchev–Trinajstić information content (AvgIpc) is 2.39. The second-order valence-corrected chi connectivity index (χ2v) is 7.07. The van der Waals surface area contributed by atoms with Crippen LogP contribution < -0.4 is 0 Å². The molecule has 0 spiro atoms. The Balaban J connectivity index is 2.34. The molecule has 7 heteroatoms. The lowest BCUT2D eigenvalue weighted by Gasteiger charge is -2.25. The van der Waals surface area contributed by atoms with Crippen LogP contribution in [0.1, 0.15) is 5.56 Å². The predicted octanol–water partition coefficient (Wildman–Crippen LogP) is 1.06. The predicted molar refractivity (Wildman–Crippen MR) is 68.4 cm³/mol. The van der Waals surface area contributed by atoms with Crippen LogP contribution in [0.25, 0.3) is 0 Å². The van der Waals surface area contributed by atoms with E-state index in [1.54, 1.807) is 11.8 Å². The molecular weight excluding hydrogens is 277 g/mol. The van der Waals surface area contributed by atoms with Gasteiger partial charge < -0.3 is 5.11 Å². The topological polar surface area (TPSA) is 57.6 Å². The Morgan fingerprint density at radius 2 is 2.00 bits per heavy atom. The zero-order valence-electron chi connectivity index (χ0n) is 9.67. The Morgan fingerprint density at radius 1 is 1.33 bits per heavy atom. The fourth-order valence-corrected chi connectivity index (χ4v) is 4.40. The van der Waals surface area contributed by atoms with Crippen LogP contribution >= 0.6 is 11.8 Å². The minimum Gasteiger partial charge on any atom is -0.392 e. The molecule has 1 aliphatic rings. The Bertz CT molecular complexity index is 527. The van der Waals surface area contributed by atoms with E-state index in [1.165, 1.54) is 16.4 Å². The zero-order valence-corrected chi connectivity index (χ0v) is 11.3. The summed E-state index contributed by atoms with van der Waals surface area (Å²) in [7, 11) is -3.75. The van der Waals surface area contributed by atoms with Gasteiger partial charge in [0.2, 0.25) is 10.0 Å². The highest BCUT2D eigenvalue weighted by Crippen LogP contribution is 2.23. The van der Waals surface area contributed by atoms with Gasteiger partial charge in [0.25, 0.3) is 0 Å². The van der Waals surface area contributed by atoms with Crippen molar-refractivity contribution in [3.63, 3.8) is 0 Å². The fourth-order valence-electron chi connectivity index (χ4n) is 1.78. The van der Waals surface area contributed by atoms with E-state index in [0.29, 0.717) is 18.7 Å². The third-order valence-electron chi connectivity index (χ3n) is 2.77. The van der Waals surface area contributed by atoms with Gasteiger partial charge in [-0.3, -0.25) is 0 Å². The van der Waals surface area contributed by atoms with Crippen LogP contribution in [0, 0.1) is 5.82 Å². The fraction of sp³-hybridized carbons (Fsp3) is 0.455. The molecule has 100 valence electrons. The summed E-state index contributed by atoms with van der Waals surface area (Å²) in [5, 5.41) is 8.88. The van der Waals surface area contributed by atoms with E-state index in [9.17, 15) is 12.8 Å². The first-order valence-corrected chi connectivity index (χ1v) is 8.12. The number of aliphatic hydroxyl groups excluding tert-OH is 1. The van der Waals surface area contributed by atoms with Crippen LogP contribution in [0.5, 0.6) is 0 Å². The van der Waals surface area contributed by atoms with Crippen molar-refractivity contribution in [1.82, 2.24) is 4.31 Å². The van der Waals surface area contributed by atoms with E-state index in [1.807, 2.05) is 0 Å². The summed E-state index contributed by atoms with van der Waals surface area (Å²) in [4.78, 5) is -0.313. The third-order valence-corrected chi connectivity index (χ3v) is 5.64. The highest BCUT2D eigenvalue weighted by Gasteiger charge is 2.28. The van der Waals surface area contributed by atoms with Crippen LogP contribution in [-0.2, 0) is 16.6 Å². The van der Waals surface area contributed by atoms with E-state index in [2.05, 4.69) is 0 Å². The molecule has 0 radical (unpaired) electrons. The molecule has 2 rings (SSSR count). The van der Waals surface area contributed by atoms with Gasteiger partial charge in [-0.15, -0.1) is 0 Å². The second-order valence-electron chi connectivity index (χ2n) is 3.94. The van der Waals surface area contributed by atoms with E-state index < -0.39 is 15.8 Å². The zero-order chi connectivity index (χ0) is 13.2. The highest BCUT2D eigenvalue weighted by atomic mass is 32.2. The molecule has 0 amide bonds. The van der Waals surface area contributed by atoms with Crippen molar-refractivity contribution >= 4 is 21.8 Å². The molecular formula is C11H14FNO3S2. The number of benzene rings is 1. The maximum atomic E-state index is 13.8. The number of halogens is 1. The normalized spacial score (nSPS) is 17.9. The summed E-state index contributed by atoms with van der Waals surface area (Å²) in [5.41, 5.74) is 0.362.